The van der Waals surface area contributed by atoms with Gasteiger partial charge in [0.25, 0.3) is 0 Å². The lowest BCUT2D eigenvalue weighted by molar-refractivity contribution is -0.129. The average Bonchev–Trinajstić information content (AvgIpc) is 2.15. The average molecular weight is 189 g/mol. The Hall–Kier alpha value is -0.570. The molecule has 0 radical (unpaired) electrons. The van der Waals surface area contributed by atoms with Gasteiger partial charge >= 0.3 is 0 Å². The Labute approximate surface area is 81.5 Å². The van der Waals surface area contributed by atoms with Crippen LogP contribution in [0.2, 0.25) is 0 Å². The molecule has 0 aliphatic carbocycles. The Balaban J connectivity index is 0. The van der Waals surface area contributed by atoms with E-state index in [1.54, 1.807) is 5.48 Å². The van der Waals surface area contributed by atoms with Crippen molar-refractivity contribution in [3.63, 3.8) is 0 Å². The molecule has 0 bridgehead atoms. The van der Waals surface area contributed by atoms with Gasteiger partial charge < -0.3 is 0 Å². The zero-order valence-electron chi connectivity index (χ0n) is 9.26. The minimum Gasteiger partial charge on any atom is -0.289 e. The molecule has 0 aliphatic rings. The van der Waals surface area contributed by atoms with Crippen LogP contribution in [0.5, 0.6) is 0 Å². The first-order valence-corrected chi connectivity index (χ1v) is 5.09. The van der Waals surface area contributed by atoms with E-state index in [4.69, 9.17) is 5.21 Å². The first kappa shape index (κ1) is 14.9. The molecule has 0 saturated carbocycles. The van der Waals surface area contributed by atoms with E-state index in [0.29, 0.717) is 12.3 Å². The van der Waals surface area contributed by atoms with Gasteiger partial charge in [-0.1, -0.05) is 40.5 Å². The van der Waals surface area contributed by atoms with Gasteiger partial charge in [0.15, 0.2) is 0 Å². The number of hydrogen-bond donors (Lipinski definition) is 2. The van der Waals surface area contributed by atoms with Crippen LogP contribution in [0.4, 0.5) is 0 Å². The van der Waals surface area contributed by atoms with Crippen molar-refractivity contribution < 1.29 is 10.0 Å². The van der Waals surface area contributed by atoms with E-state index in [9.17, 15) is 4.79 Å². The second-order valence-corrected chi connectivity index (χ2v) is 3.17. The lowest BCUT2D eigenvalue weighted by Gasteiger charge is -2.02. The van der Waals surface area contributed by atoms with Gasteiger partial charge in [0.1, 0.15) is 0 Å². The first-order valence-electron chi connectivity index (χ1n) is 5.09. The second kappa shape index (κ2) is 11.4. The summed E-state index contributed by atoms with van der Waals surface area (Å²) in [5, 5.41) is 8.14. The van der Waals surface area contributed by atoms with Crippen molar-refractivity contribution in [2.75, 3.05) is 0 Å². The summed E-state index contributed by atoms with van der Waals surface area (Å²) in [6.45, 7) is 8.32. The predicted molar refractivity (Wildman–Crippen MR) is 54.6 cm³/mol. The van der Waals surface area contributed by atoms with Crippen molar-refractivity contribution in [3.05, 3.63) is 0 Å². The number of carbonyl (C=O) groups is 1. The summed E-state index contributed by atoms with van der Waals surface area (Å²) >= 11 is 0. The number of amides is 1. The number of nitrogens with one attached hydrogen (secondary N) is 1. The molecule has 0 atom stereocenters. The molecule has 0 rings (SSSR count). The molecule has 80 valence electrons. The molecule has 0 aliphatic heterocycles. The fraction of sp³-hybridized carbons (Fsp3) is 0.900. The van der Waals surface area contributed by atoms with Crippen LogP contribution in [-0.4, -0.2) is 11.1 Å². The van der Waals surface area contributed by atoms with E-state index >= 15 is 0 Å². The largest absolute Gasteiger partial charge is 0.289 e. The summed E-state index contributed by atoms with van der Waals surface area (Å²) in [5.74, 6) is 0.418. The van der Waals surface area contributed by atoms with E-state index in [1.165, 1.54) is 0 Å². The van der Waals surface area contributed by atoms with Gasteiger partial charge in [-0.2, -0.15) is 0 Å². The van der Waals surface area contributed by atoms with Crippen LogP contribution >= 0.6 is 0 Å². The zero-order chi connectivity index (χ0) is 10.7. The highest BCUT2D eigenvalue weighted by atomic mass is 16.5. The maximum atomic E-state index is 10.5. The van der Waals surface area contributed by atoms with Gasteiger partial charge in [0, 0.05) is 6.42 Å². The third kappa shape index (κ3) is 14.3. The second-order valence-electron chi connectivity index (χ2n) is 3.17. The predicted octanol–water partition coefficient (Wildman–Crippen LogP) is 2.73. The van der Waals surface area contributed by atoms with Gasteiger partial charge in [0.2, 0.25) is 5.91 Å². The Morgan fingerprint density at radius 1 is 1.31 bits per heavy atom. The first-order chi connectivity index (χ1) is 6.16. The summed E-state index contributed by atoms with van der Waals surface area (Å²) in [6.07, 6.45) is 3.51. The molecule has 0 spiro atoms. The number of unbranched alkanes of at least 4 members (excludes halogenated alkanes) is 1. The van der Waals surface area contributed by atoms with Crippen LogP contribution in [-0.2, 0) is 4.79 Å². The van der Waals surface area contributed by atoms with Crippen molar-refractivity contribution in [1.29, 1.82) is 0 Å². The molecule has 3 nitrogen and oxygen atoms in total. The standard InChI is InChI=1S/C8H17NO2.C2H6/c1-7(2)5-3-4-6-8(10)9-11;1-2/h7,11H,3-6H2,1-2H3,(H,9,10);1-2H3. The number of carbonyl (C=O) groups excluding carboxylic acids is 1. The molecule has 3 heteroatoms. The summed E-state index contributed by atoms with van der Waals surface area (Å²) < 4.78 is 0. The summed E-state index contributed by atoms with van der Waals surface area (Å²) in [5.41, 5.74) is 1.61. The topological polar surface area (TPSA) is 49.3 Å². The summed E-state index contributed by atoms with van der Waals surface area (Å²) in [4.78, 5) is 10.5. The van der Waals surface area contributed by atoms with Crippen LogP contribution in [0.1, 0.15) is 53.4 Å². The highest BCUT2D eigenvalue weighted by Crippen LogP contribution is 2.07. The molecule has 0 heterocycles. The fourth-order valence-corrected chi connectivity index (χ4v) is 0.894. The van der Waals surface area contributed by atoms with Crippen molar-refractivity contribution in [1.82, 2.24) is 5.48 Å². The lowest BCUT2D eigenvalue weighted by Crippen LogP contribution is -2.17. The van der Waals surface area contributed by atoms with Gasteiger partial charge in [-0.05, 0) is 12.3 Å². The maximum Gasteiger partial charge on any atom is 0.243 e. The Morgan fingerprint density at radius 3 is 2.23 bits per heavy atom. The number of rotatable bonds is 5. The third-order valence-corrected chi connectivity index (χ3v) is 1.56. The Morgan fingerprint density at radius 2 is 1.85 bits per heavy atom. The molecule has 0 saturated heterocycles. The molecule has 0 aromatic rings. The van der Waals surface area contributed by atoms with E-state index in [1.807, 2.05) is 13.8 Å². The van der Waals surface area contributed by atoms with Gasteiger partial charge in [-0.3, -0.25) is 10.0 Å². The van der Waals surface area contributed by atoms with Gasteiger partial charge in [0.05, 0.1) is 0 Å². The van der Waals surface area contributed by atoms with Crippen molar-refractivity contribution in [3.8, 4) is 0 Å². The molecule has 0 fully saturated rings. The smallest absolute Gasteiger partial charge is 0.243 e. The highest BCUT2D eigenvalue weighted by molar-refractivity contribution is 5.74. The van der Waals surface area contributed by atoms with Crippen LogP contribution in [0.25, 0.3) is 0 Å². The highest BCUT2D eigenvalue weighted by Gasteiger charge is 1.98. The van der Waals surface area contributed by atoms with Gasteiger partial charge in [-0.25, -0.2) is 5.48 Å². The van der Waals surface area contributed by atoms with E-state index in [-0.39, 0.29) is 5.91 Å². The SMILES string of the molecule is CC.CC(C)CCCCC(=O)NO. The monoisotopic (exact) mass is 189 g/mol. The molecular weight excluding hydrogens is 166 g/mol. The minimum atomic E-state index is -0.284. The van der Waals surface area contributed by atoms with Crippen LogP contribution < -0.4 is 5.48 Å². The Bertz CT molecular complexity index is 113. The van der Waals surface area contributed by atoms with E-state index in [0.717, 1.165) is 19.3 Å². The minimum absolute atomic E-state index is 0.284. The van der Waals surface area contributed by atoms with Crippen LogP contribution in [0.3, 0.4) is 0 Å². The van der Waals surface area contributed by atoms with Crippen molar-refractivity contribution in [2.45, 2.75) is 53.4 Å². The number of hydrogen-bond acceptors (Lipinski definition) is 2. The van der Waals surface area contributed by atoms with Crippen LogP contribution in [0, 0.1) is 5.92 Å². The molecule has 0 aromatic carbocycles. The molecule has 0 unspecified atom stereocenters. The maximum absolute atomic E-state index is 10.5. The summed E-state index contributed by atoms with van der Waals surface area (Å²) in [6, 6.07) is 0. The molecule has 0 aromatic heterocycles. The van der Waals surface area contributed by atoms with Crippen molar-refractivity contribution >= 4 is 5.91 Å². The zero-order valence-corrected chi connectivity index (χ0v) is 9.26. The van der Waals surface area contributed by atoms with E-state index in [2.05, 4.69) is 13.8 Å². The third-order valence-electron chi connectivity index (χ3n) is 1.56. The lowest BCUT2D eigenvalue weighted by atomic mass is 10.1. The molecular formula is C10H23NO2. The van der Waals surface area contributed by atoms with Crippen molar-refractivity contribution in [2.24, 2.45) is 5.92 Å². The summed E-state index contributed by atoms with van der Waals surface area (Å²) in [7, 11) is 0. The van der Waals surface area contributed by atoms with E-state index < -0.39 is 0 Å². The molecule has 2 N–H and O–H groups in total. The van der Waals surface area contributed by atoms with Crippen LogP contribution in [0.15, 0.2) is 0 Å². The molecule has 13 heavy (non-hydrogen) atoms. The quantitative estimate of drug-likeness (QED) is 0.397. The van der Waals surface area contributed by atoms with Gasteiger partial charge in [-0.15, -0.1) is 0 Å². The molecule has 1 amide bonds. The number of hydroxylamine groups is 1. The normalized spacial score (nSPS) is 9.08. The Kier molecular flexibility index (Phi) is 13.1. The fourth-order valence-electron chi connectivity index (χ4n) is 0.894.